The van der Waals surface area contributed by atoms with Crippen molar-refractivity contribution in [1.82, 2.24) is 29.3 Å². The molecular formula is C19H15N7OS. The van der Waals surface area contributed by atoms with Gasteiger partial charge in [-0.05, 0) is 24.3 Å². The maximum atomic E-state index is 12.7. The van der Waals surface area contributed by atoms with E-state index in [1.807, 2.05) is 35.9 Å². The summed E-state index contributed by atoms with van der Waals surface area (Å²) in [4.78, 5) is 21.3. The molecule has 0 saturated carbocycles. The van der Waals surface area contributed by atoms with Crippen LogP contribution in [-0.2, 0) is 19.3 Å². The third-order valence-electron chi connectivity index (χ3n) is 4.27. The fourth-order valence-electron chi connectivity index (χ4n) is 2.88. The highest BCUT2D eigenvalue weighted by Gasteiger charge is 2.15. The molecule has 138 valence electrons. The number of aromatic nitrogens is 6. The summed E-state index contributed by atoms with van der Waals surface area (Å²) in [6.07, 6.45) is 3.41. The molecule has 0 aliphatic rings. The lowest BCUT2D eigenvalue weighted by molar-refractivity contribution is 0.727. The van der Waals surface area contributed by atoms with E-state index in [0.717, 1.165) is 11.4 Å². The highest BCUT2D eigenvalue weighted by molar-refractivity contribution is 7.98. The van der Waals surface area contributed by atoms with Crippen LogP contribution < -0.4 is 5.56 Å². The summed E-state index contributed by atoms with van der Waals surface area (Å²) >= 11 is 1.42. The first kappa shape index (κ1) is 17.9. The Morgan fingerprint density at radius 3 is 2.71 bits per heavy atom. The maximum Gasteiger partial charge on any atom is 0.262 e. The average Bonchev–Trinajstić information content (AvgIpc) is 3.10. The molecule has 0 spiro atoms. The molecule has 0 aliphatic heterocycles. The lowest BCUT2D eigenvalue weighted by atomic mass is 10.2. The number of rotatable bonds is 5. The van der Waals surface area contributed by atoms with E-state index >= 15 is 0 Å². The number of thioether (sulfide) groups is 1. The Hall–Kier alpha value is -3.51. The van der Waals surface area contributed by atoms with E-state index in [9.17, 15) is 4.79 Å². The first-order valence-electron chi connectivity index (χ1n) is 8.47. The van der Waals surface area contributed by atoms with Crippen molar-refractivity contribution in [2.45, 2.75) is 17.5 Å². The van der Waals surface area contributed by atoms with Gasteiger partial charge in [-0.3, -0.25) is 14.3 Å². The molecule has 0 fully saturated rings. The molecule has 0 N–H and O–H groups in total. The smallest absolute Gasteiger partial charge is 0.262 e. The van der Waals surface area contributed by atoms with Gasteiger partial charge in [-0.2, -0.15) is 5.26 Å². The lowest BCUT2D eigenvalue weighted by Crippen LogP contribution is -2.24. The number of benzene rings is 1. The van der Waals surface area contributed by atoms with Gasteiger partial charge in [0.1, 0.15) is 12.4 Å². The monoisotopic (exact) mass is 389 g/mol. The molecule has 9 heteroatoms. The van der Waals surface area contributed by atoms with Crippen molar-refractivity contribution in [3.05, 3.63) is 65.0 Å². The van der Waals surface area contributed by atoms with Crippen LogP contribution in [0, 0.1) is 11.3 Å². The van der Waals surface area contributed by atoms with Crippen molar-refractivity contribution < 1.29 is 0 Å². The van der Waals surface area contributed by atoms with Gasteiger partial charge >= 0.3 is 0 Å². The lowest BCUT2D eigenvalue weighted by Gasteiger charge is -2.10. The SMILES string of the molecule is Cn1c(SCc2nc3ccccc3c(=O)n2CC#N)nnc1-c1ccncc1. The molecule has 0 radical (unpaired) electrons. The molecule has 0 saturated heterocycles. The van der Waals surface area contributed by atoms with Gasteiger partial charge in [-0.25, -0.2) is 4.98 Å². The summed E-state index contributed by atoms with van der Waals surface area (Å²) in [6, 6.07) is 12.9. The third-order valence-corrected chi connectivity index (χ3v) is 5.29. The summed E-state index contributed by atoms with van der Waals surface area (Å²) < 4.78 is 3.29. The van der Waals surface area contributed by atoms with Crippen molar-refractivity contribution in [3.8, 4) is 17.5 Å². The van der Waals surface area contributed by atoms with Gasteiger partial charge in [0.2, 0.25) is 0 Å². The minimum Gasteiger partial charge on any atom is -0.305 e. The predicted octanol–water partition coefficient (Wildman–Crippen LogP) is 2.40. The molecule has 4 rings (SSSR count). The molecule has 1 aromatic carbocycles. The standard InChI is InChI=1S/C19H15N7OS/c1-25-17(13-6-9-21-10-7-13)23-24-19(25)28-12-16-22-15-5-3-2-4-14(15)18(27)26(16)11-8-20/h2-7,9-10H,11-12H2,1H3. The van der Waals surface area contributed by atoms with E-state index in [-0.39, 0.29) is 12.1 Å². The maximum absolute atomic E-state index is 12.7. The van der Waals surface area contributed by atoms with E-state index < -0.39 is 0 Å². The van der Waals surface area contributed by atoms with Crippen molar-refractivity contribution in [2.75, 3.05) is 0 Å². The van der Waals surface area contributed by atoms with E-state index in [2.05, 4.69) is 20.2 Å². The van der Waals surface area contributed by atoms with Crippen molar-refractivity contribution >= 4 is 22.7 Å². The number of fused-ring (bicyclic) bond motifs is 1. The summed E-state index contributed by atoms with van der Waals surface area (Å²) in [7, 11) is 1.88. The zero-order chi connectivity index (χ0) is 19.5. The Labute approximate surface area is 164 Å². The molecule has 0 unspecified atom stereocenters. The molecule has 28 heavy (non-hydrogen) atoms. The number of hydrogen-bond donors (Lipinski definition) is 0. The van der Waals surface area contributed by atoms with Gasteiger partial charge in [-0.1, -0.05) is 23.9 Å². The van der Waals surface area contributed by atoms with Crippen LogP contribution in [-0.4, -0.2) is 29.3 Å². The molecular weight excluding hydrogens is 374 g/mol. The first-order chi connectivity index (χ1) is 13.7. The van der Waals surface area contributed by atoms with Crippen LogP contribution in [0.5, 0.6) is 0 Å². The molecule has 0 amide bonds. The summed E-state index contributed by atoms with van der Waals surface area (Å²) in [6.45, 7) is -0.0480. The largest absolute Gasteiger partial charge is 0.305 e. The van der Waals surface area contributed by atoms with Crippen molar-refractivity contribution in [1.29, 1.82) is 5.26 Å². The summed E-state index contributed by atoms with van der Waals surface area (Å²) in [5.74, 6) is 1.65. The zero-order valence-electron chi connectivity index (χ0n) is 15.0. The Morgan fingerprint density at radius 1 is 1.14 bits per heavy atom. The zero-order valence-corrected chi connectivity index (χ0v) is 15.8. The predicted molar refractivity (Wildman–Crippen MR) is 105 cm³/mol. The summed E-state index contributed by atoms with van der Waals surface area (Å²) in [5.41, 5.74) is 1.33. The fraction of sp³-hybridized carbons (Fsp3) is 0.158. The number of pyridine rings is 1. The van der Waals surface area contributed by atoms with Crippen LogP contribution in [0.1, 0.15) is 5.82 Å². The van der Waals surface area contributed by atoms with Crippen LogP contribution in [0.2, 0.25) is 0 Å². The van der Waals surface area contributed by atoms with Gasteiger partial charge in [0, 0.05) is 25.0 Å². The van der Waals surface area contributed by atoms with Crippen LogP contribution in [0.15, 0.2) is 58.7 Å². The molecule has 0 atom stereocenters. The molecule has 4 aromatic rings. The van der Waals surface area contributed by atoms with E-state index in [0.29, 0.717) is 27.6 Å². The number of nitrogens with zero attached hydrogens (tertiary/aromatic N) is 7. The van der Waals surface area contributed by atoms with Gasteiger partial charge < -0.3 is 4.57 Å². The second-order valence-corrected chi connectivity index (χ2v) is 6.93. The number of hydrogen-bond acceptors (Lipinski definition) is 7. The van der Waals surface area contributed by atoms with E-state index in [4.69, 9.17) is 5.26 Å². The van der Waals surface area contributed by atoms with Crippen LogP contribution in [0.3, 0.4) is 0 Å². The van der Waals surface area contributed by atoms with Crippen LogP contribution in [0.4, 0.5) is 0 Å². The Morgan fingerprint density at radius 2 is 1.93 bits per heavy atom. The quantitative estimate of drug-likeness (QED) is 0.483. The average molecular weight is 389 g/mol. The minimum absolute atomic E-state index is 0.0480. The highest BCUT2D eigenvalue weighted by atomic mass is 32.2. The van der Waals surface area contributed by atoms with Gasteiger partial charge in [0.15, 0.2) is 11.0 Å². The first-order valence-corrected chi connectivity index (χ1v) is 9.45. The second-order valence-electron chi connectivity index (χ2n) is 5.98. The van der Waals surface area contributed by atoms with Crippen LogP contribution in [0.25, 0.3) is 22.3 Å². The Bertz CT molecular complexity index is 1240. The third kappa shape index (κ3) is 3.25. The Kier molecular flexibility index (Phi) is 4.87. The highest BCUT2D eigenvalue weighted by Crippen LogP contribution is 2.24. The molecule has 3 aromatic heterocycles. The summed E-state index contributed by atoms with van der Waals surface area (Å²) in [5, 5.41) is 18.8. The number of nitriles is 1. The van der Waals surface area contributed by atoms with Crippen molar-refractivity contribution in [3.63, 3.8) is 0 Å². The molecule has 0 aliphatic carbocycles. The molecule has 0 bridgehead atoms. The minimum atomic E-state index is -0.210. The van der Waals surface area contributed by atoms with E-state index in [1.165, 1.54) is 16.3 Å². The second kappa shape index (κ2) is 7.62. The normalized spacial score (nSPS) is 10.9. The van der Waals surface area contributed by atoms with Gasteiger partial charge in [0.25, 0.3) is 5.56 Å². The van der Waals surface area contributed by atoms with E-state index in [1.54, 1.807) is 30.6 Å². The molecule has 3 heterocycles. The van der Waals surface area contributed by atoms with Crippen LogP contribution >= 0.6 is 11.8 Å². The fourth-order valence-corrected chi connectivity index (χ4v) is 3.74. The number of para-hydroxylation sites is 1. The van der Waals surface area contributed by atoms with Crippen molar-refractivity contribution in [2.24, 2.45) is 7.05 Å². The Balaban J connectivity index is 1.66. The van der Waals surface area contributed by atoms with Gasteiger partial charge in [-0.15, -0.1) is 10.2 Å². The topological polar surface area (TPSA) is 102 Å². The van der Waals surface area contributed by atoms with Gasteiger partial charge in [0.05, 0.1) is 22.7 Å². The molecule has 8 nitrogen and oxygen atoms in total.